The third-order valence-electron chi connectivity index (χ3n) is 7.98. The van der Waals surface area contributed by atoms with Crippen LogP contribution < -0.4 is 9.80 Å². The van der Waals surface area contributed by atoms with Crippen molar-refractivity contribution < 1.29 is 4.79 Å². The van der Waals surface area contributed by atoms with Crippen LogP contribution in [0.5, 0.6) is 0 Å². The quantitative estimate of drug-likeness (QED) is 0.141. The first-order valence-corrected chi connectivity index (χ1v) is 16.4. The molecule has 0 aliphatic carbocycles. The van der Waals surface area contributed by atoms with Gasteiger partial charge in [-0.1, -0.05) is 97.1 Å². The zero-order chi connectivity index (χ0) is 31.8. The minimum Gasteiger partial charge on any atom is -0.311 e. The highest BCUT2D eigenvalue weighted by Crippen LogP contribution is 2.38. The molecule has 4 heteroatoms. The number of carbonyl (C=O) groups excluding carboxylic acids is 1. The molecule has 47 heavy (non-hydrogen) atoms. The van der Waals surface area contributed by atoms with E-state index in [1.165, 1.54) is 11.3 Å². The summed E-state index contributed by atoms with van der Waals surface area (Å²) in [5.41, 5.74) is 9.79. The Labute approximate surface area is 280 Å². The lowest BCUT2D eigenvalue weighted by atomic mass is 9.96. The average Bonchev–Trinajstić information content (AvgIpc) is 3.61. The van der Waals surface area contributed by atoms with E-state index in [-0.39, 0.29) is 0 Å². The number of hydrogen-bond donors (Lipinski definition) is 0. The first-order chi connectivity index (χ1) is 23.3. The minimum atomic E-state index is 0.712. The monoisotopic (exact) mass is 624 g/mol. The van der Waals surface area contributed by atoms with Crippen molar-refractivity contribution in [3.8, 4) is 0 Å². The molecule has 3 nitrogen and oxygen atoms in total. The number of para-hydroxylation sites is 4. The molecule has 226 valence electrons. The molecule has 0 unspecified atom stereocenters. The van der Waals surface area contributed by atoms with Crippen LogP contribution in [0.25, 0.3) is 11.6 Å². The first-order valence-electron chi connectivity index (χ1n) is 15.5. The van der Waals surface area contributed by atoms with Crippen molar-refractivity contribution in [1.29, 1.82) is 0 Å². The maximum atomic E-state index is 11.5. The molecule has 0 saturated heterocycles. The van der Waals surface area contributed by atoms with E-state index in [4.69, 9.17) is 0 Å². The number of hydrogen-bond acceptors (Lipinski definition) is 4. The lowest BCUT2D eigenvalue weighted by molar-refractivity contribution is 0.112. The maximum absolute atomic E-state index is 11.5. The molecule has 0 bridgehead atoms. The summed E-state index contributed by atoms with van der Waals surface area (Å²) in [6.45, 7) is 0. The zero-order valence-electron chi connectivity index (χ0n) is 25.7. The number of benzene rings is 6. The van der Waals surface area contributed by atoms with E-state index in [1.807, 2.05) is 36.4 Å². The van der Waals surface area contributed by atoms with E-state index in [1.54, 1.807) is 0 Å². The van der Waals surface area contributed by atoms with E-state index in [2.05, 4.69) is 161 Å². The number of thiophene rings is 1. The lowest BCUT2D eigenvalue weighted by Crippen LogP contribution is -2.10. The molecule has 0 fully saturated rings. The maximum Gasteiger partial charge on any atom is 0.160 e. The fraction of sp³-hybridized carbons (Fsp3) is 0. The van der Waals surface area contributed by atoms with Crippen molar-refractivity contribution in [1.82, 2.24) is 0 Å². The first kappa shape index (κ1) is 29.7. The summed E-state index contributed by atoms with van der Waals surface area (Å²) < 4.78 is 0. The highest BCUT2D eigenvalue weighted by Gasteiger charge is 2.15. The van der Waals surface area contributed by atoms with Crippen LogP contribution in [0.15, 0.2) is 182 Å². The molecule has 1 heterocycles. The molecule has 0 amide bonds. The van der Waals surface area contributed by atoms with Crippen LogP contribution in [0.2, 0.25) is 0 Å². The van der Waals surface area contributed by atoms with Gasteiger partial charge in [-0.05, 0) is 108 Å². The van der Waals surface area contributed by atoms with Crippen LogP contribution in [-0.4, -0.2) is 6.29 Å². The fourth-order valence-electron chi connectivity index (χ4n) is 5.77. The summed E-state index contributed by atoms with van der Waals surface area (Å²) in [5, 5.41) is 0. The second-order valence-corrected chi connectivity index (χ2v) is 12.2. The molecule has 0 aliphatic heterocycles. The number of nitrogens with zero attached hydrogens (tertiary/aromatic N) is 2. The van der Waals surface area contributed by atoms with Gasteiger partial charge >= 0.3 is 0 Å². The molecule has 0 saturated carbocycles. The summed E-state index contributed by atoms with van der Waals surface area (Å²) >= 11 is 1.49. The summed E-state index contributed by atoms with van der Waals surface area (Å²) in [6, 6.07) is 63.0. The summed E-state index contributed by atoms with van der Waals surface area (Å²) in [4.78, 5) is 17.8. The number of rotatable bonds is 10. The molecule has 6 aromatic carbocycles. The third kappa shape index (κ3) is 6.69. The highest BCUT2D eigenvalue weighted by molar-refractivity contribution is 7.14. The number of anilines is 6. The van der Waals surface area contributed by atoms with Crippen molar-refractivity contribution in [3.63, 3.8) is 0 Å². The Morgan fingerprint density at radius 2 is 0.702 bits per heavy atom. The Kier molecular flexibility index (Phi) is 8.85. The van der Waals surface area contributed by atoms with E-state index < -0.39 is 0 Å². The van der Waals surface area contributed by atoms with Gasteiger partial charge in [-0.3, -0.25) is 4.79 Å². The lowest BCUT2D eigenvalue weighted by Gasteiger charge is -2.26. The van der Waals surface area contributed by atoms with Gasteiger partial charge in [-0.2, -0.15) is 0 Å². The topological polar surface area (TPSA) is 23.6 Å². The Hall–Kier alpha value is -5.97. The Bertz CT molecular complexity index is 1860. The normalized spacial score (nSPS) is 10.6. The number of aldehydes is 1. The second-order valence-electron chi connectivity index (χ2n) is 11.0. The minimum absolute atomic E-state index is 0.712. The molecule has 0 N–H and O–H groups in total. The number of carbonyl (C=O) groups is 1. The zero-order valence-corrected chi connectivity index (χ0v) is 26.5. The van der Waals surface area contributed by atoms with Gasteiger partial charge in [0.2, 0.25) is 0 Å². The molecule has 0 aliphatic rings. The molecule has 0 spiro atoms. The predicted molar refractivity (Wildman–Crippen MR) is 199 cm³/mol. The van der Waals surface area contributed by atoms with Crippen LogP contribution in [0.3, 0.4) is 0 Å². The van der Waals surface area contributed by atoms with Gasteiger partial charge in [-0.25, -0.2) is 0 Å². The Morgan fingerprint density at radius 3 is 1.02 bits per heavy atom. The standard InChI is InChI=1S/C43H32N2OS/c46-32-42-30-29-41(47-42)31-43(33-21-25-39(26-22-33)44(35-13-5-1-6-14-35)36-15-7-2-8-16-36)34-23-27-40(28-24-34)45(37-17-9-3-10-18-37)38-19-11-4-12-20-38/h1-32H. The fourth-order valence-corrected chi connectivity index (χ4v) is 6.54. The SMILES string of the molecule is O=Cc1ccc(C=C(c2ccc(N(c3ccccc3)c3ccccc3)cc2)c2ccc(N(c3ccccc3)c3ccccc3)cc2)s1. The van der Waals surface area contributed by atoms with Crippen LogP contribution >= 0.6 is 11.3 Å². The van der Waals surface area contributed by atoms with Crippen molar-refractivity contribution in [2.24, 2.45) is 0 Å². The van der Waals surface area contributed by atoms with Crippen LogP contribution in [0, 0.1) is 0 Å². The van der Waals surface area contributed by atoms with Gasteiger partial charge in [0.25, 0.3) is 0 Å². The summed E-state index contributed by atoms with van der Waals surface area (Å²) in [5.74, 6) is 0. The third-order valence-corrected chi connectivity index (χ3v) is 8.94. The Morgan fingerprint density at radius 1 is 0.383 bits per heavy atom. The largest absolute Gasteiger partial charge is 0.311 e. The van der Waals surface area contributed by atoms with Gasteiger partial charge in [-0.15, -0.1) is 11.3 Å². The van der Waals surface area contributed by atoms with Crippen molar-refractivity contribution >= 4 is 63.4 Å². The van der Waals surface area contributed by atoms with Crippen LogP contribution in [0.4, 0.5) is 34.1 Å². The van der Waals surface area contributed by atoms with E-state index >= 15 is 0 Å². The summed E-state index contributed by atoms with van der Waals surface area (Å²) in [7, 11) is 0. The molecule has 7 rings (SSSR count). The van der Waals surface area contributed by atoms with Gasteiger partial charge in [0.05, 0.1) is 4.88 Å². The smallest absolute Gasteiger partial charge is 0.160 e. The molecule has 0 atom stereocenters. The van der Waals surface area contributed by atoms with Gasteiger partial charge in [0.15, 0.2) is 6.29 Å². The van der Waals surface area contributed by atoms with Crippen molar-refractivity contribution in [2.75, 3.05) is 9.80 Å². The van der Waals surface area contributed by atoms with Gasteiger partial charge in [0, 0.05) is 39.0 Å². The van der Waals surface area contributed by atoms with Gasteiger partial charge in [0.1, 0.15) is 0 Å². The molecule has 7 aromatic rings. The van der Waals surface area contributed by atoms with Crippen molar-refractivity contribution in [2.45, 2.75) is 0 Å². The molecule has 0 radical (unpaired) electrons. The van der Waals surface area contributed by atoms with E-state index in [0.717, 1.165) is 62.0 Å². The highest BCUT2D eigenvalue weighted by atomic mass is 32.1. The van der Waals surface area contributed by atoms with Gasteiger partial charge < -0.3 is 9.80 Å². The molecular weight excluding hydrogens is 593 g/mol. The molecule has 1 aromatic heterocycles. The predicted octanol–water partition coefficient (Wildman–Crippen LogP) is 12.1. The van der Waals surface area contributed by atoms with Crippen molar-refractivity contribution in [3.05, 3.63) is 203 Å². The second kappa shape index (κ2) is 14.0. The molecular formula is C43H32N2OS. The Balaban J connectivity index is 1.28. The average molecular weight is 625 g/mol. The van der Waals surface area contributed by atoms with Crippen LogP contribution in [0.1, 0.15) is 25.7 Å². The van der Waals surface area contributed by atoms with E-state index in [0.29, 0.717) is 4.88 Å². The summed E-state index contributed by atoms with van der Waals surface area (Å²) in [6.07, 6.45) is 3.09. The van der Waals surface area contributed by atoms with E-state index in [9.17, 15) is 4.79 Å². The van der Waals surface area contributed by atoms with Crippen LogP contribution in [-0.2, 0) is 0 Å².